The molecule has 8 rings (SSSR count). The van der Waals surface area contributed by atoms with Gasteiger partial charge >= 0.3 is 0 Å². The first-order chi connectivity index (χ1) is 22.8. The smallest absolute Gasteiger partial charge is 0.0926 e. The van der Waals surface area contributed by atoms with Crippen LogP contribution in [0.2, 0.25) is 0 Å². The maximum atomic E-state index is 7.47. The molecule has 2 aliphatic carbocycles. The van der Waals surface area contributed by atoms with Crippen molar-refractivity contribution in [3.63, 3.8) is 0 Å². The van der Waals surface area contributed by atoms with Crippen LogP contribution in [0.3, 0.4) is 0 Å². The molecule has 0 saturated heterocycles. The lowest BCUT2D eigenvalue weighted by atomic mass is 9.84. The minimum Gasteiger partial charge on any atom is -0.341 e. The topological polar surface area (TPSA) is 18.5 Å². The summed E-state index contributed by atoms with van der Waals surface area (Å²) in [5.41, 5.74) is 5.46. The molecular formula is C42H36O2P2. The van der Waals surface area contributed by atoms with E-state index in [1.54, 1.807) is 0 Å². The van der Waals surface area contributed by atoms with Crippen molar-refractivity contribution in [1.82, 2.24) is 0 Å². The van der Waals surface area contributed by atoms with Crippen molar-refractivity contribution in [2.24, 2.45) is 11.8 Å². The third kappa shape index (κ3) is 5.88. The minimum absolute atomic E-state index is 0.0344. The Morgan fingerprint density at radius 1 is 0.348 bits per heavy atom. The molecule has 0 spiro atoms. The van der Waals surface area contributed by atoms with Gasteiger partial charge in [0.15, 0.2) is 0 Å². The second kappa shape index (κ2) is 13.4. The van der Waals surface area contributed by atoms with Gasteiger partial charge in [-0.05, 0) is 46.9 Å². The summed E-state index contributed by atoms with van der Waals surface area (Å²) in [6.07, 6.45) is 1.90. The number of rotatable bonds is 9. The number of hydrogen-bond acceptors (Lipinski definition) is 2. The Kier molecular flexibility index (Phi) is 8.62. The Balaban J connectivity index is 1.20. The number of hydrogen-bond donors (Lipinski definition) is 0. The molecule has 226 valence electrons. The molecule has 0 aromatic heterocycles. The normalized spacial score (nSPS) is 20.1. The molecule has 46 heavy (non-hydrogen) atoms. The van der Waals surface area contributed by atoms with Gasteiger partial charge in [0.05, 0.1) is 28.5 Å². The largest absolute Gasteiger partial charge is 0.341 e. The molecule has 0 N–H and O–H groups in total. The predicted molar refractivity (Wildman–Crippen MR) is 193 cm³/mol. The molecule has 0 aliphatic heterocycles. The number of benzene rings is 6. The first-order valence-electron chi connectivity index (χ1n) is 16.1. The highest BCUT2D eigenvalue weighted by molar-refractivity contribution is 7.68. The molecule has 2 nitrogen and oxygen atoms in total. The number of fused-ring (bicyclic) bond motifs is 2. The maximum Gasteiger partial charge on any atom is 0.0926 e. The van der Waals surface area contributed by atoms with Crippen LogP contribution in [0, 0.1) is 11.8 Å². The van der Waals surface area contributed by atoms with Gasteiger partial charge in [-0.25, -0.2) is 0 Å². The van der Waals surface area contributed by atoms with Crippen LogP contribution >= 0.6 is 16.3 Å². The first-order valence-corrected chi connectivity index (χ1v) is 18.6. The van der Waals surface area contributed by atoms with Gasteiger partial charge in [0, 0.05) is 21.2 Å². The van der Waals surface area contributed by atoms with E-state index in [1.165, 1.54) is 43.5 Å². The lowest BCUT2D eigenvalue weighted by Gasteiger charge is -2.34. The van der Waals surface area contributed by atoms with Gasteiger partial charge in [0.2, 0.25) is 0 Å². The Morgan fingerprint density at radius 3 is 0.957 bits per heavy atom. The Morgan fingerprint density at radius 2 is 0.630 bits per heavy atom. The second-order valence-corrected chi connectivity index (χ2v) is 15.8. The van der Waals surface area contributed by atoms with E-state index in [0.29, 0.717) is 0 Å². The zero-order valence-electron chi connectivity index (χ0n) is 25.6. The van der Waals surface area contributed by atoms with Crippen molar-refractivity contribution in [1.29, 1.82) is 0 Å². The molecule has 4 atom stereocenters. The van der Waals surface area contributed by atoms with E-state index in [9.17, 15) is 0 Å². The Bertz CT molecular complexity index is 1660. The SMILES string of the molecule is c1ccc(P(O[C@@H]2c3ccccc3CC2C2Cc3ccccc3[C@H]2OP(c2ccccc2)c2ccccc2)c2ccccc2)cc1. The van der Waals surface area contributed by atoms with E-state index in [0.717, 1.165) is 12.8 Å². The average molecular weight is 635 g/mol. The van der Waals surface area contributed by atoms with Crippen LogP contribution in [0.1, 0.15) is 34.5 Å². The van der Waals surface area contributed by atoms with Gasteiger partial charge in [-0.1, -0.05) is 170 Å². The molecule has 0 bridgehead atoms. The van der Waals surface area contributed by atoms with Crippen LogP contribution in [-0.4, -0.2) is 0 Å². The molecule has 6 aromatic rings. The first kappa shape index (κ1) is 29.5. The van der Waals surface area contributed by atoms with Crippen molar-refractivity contribution >= 4 is 37.5 Å². The molecule has 0 heterocycles. The van der Waals surface area contributed by atoms with Crippen molar-refractivity contribution in [2.45, 2.75) is 25.0 Å². The highest BCUT2D eigenvalue weighted by Gasteiger charge is 2.47. The van der Waals surface area contributed by atoms with Gasteiger partial charge in [-0.3, -0.25) is 0 Å². The molecule has 0 saturated carbocycles. The minimum atomic E-state index is -1.03. The summed E-state index contributed by atoms with van der Waals surface area (Å²) in [7, 11) is -2.05. The van der Waals surface area contributed by atoms with Crippen molar-refractivity contribution in [3.8, 4) is 0 Å². The van der Waals surface area contributed by atoms with Crippen LogP contribution < -0.4 is 21.2 Å². The molecule has 0 amide bonds. The third-order valence-electron chi connectivity index (χ3n) is 9.36. The van der Waals surface area contributed by atoms with E-state index < -0.39 is 16.3 Å². The summed E-state index contributed by atoms with van der Waals surface area (Å²) in [4.78, 5) is 0. The quantitative estimate of drug-likeness (QED) is 0.148. The van der Waals surface area contributed by atoms with Gasteiger partial charge in [0.25, 0.3) is 0 Å². The van der Waals surface area contributed by atoms with Crippen LogP contribution in [0.5, 0.6) is 0 Å². The predicted octanol–water partition coefficient (Wildman–Crippen LogP) is 8.94. The third-order valence-corrected chi connectivity index (χ3v) is 13.3. The molecule has 4 heteroatoms. The highest BCUT2D eigenvalue weighted by Crippen LogP contribution is 2.57. The van der Waals surface area contributed by atoms with E-state index >= 15 is 0 Å². The van der Waals surface area contributed by atoms with Crippen LogP contribution in [-0.2, 0) is 21.9 Å². The standard InChI is InChI=1S/C42H36O2P2/c1-5-19-33(20-6-1)45(34-21-7-2-8-22-34)43-41-37-27-15-13-17-31(37)29-39(41)40-30-32-18-14-16-28-38(32)42(40)44-46(35-23-9-3-10-24-35)36-25-11-4-12-26-36/h1-28,39-42H,29-30H2/t39?,40?,41-,42-/m1/s1. The lowest BCUT2D eigenvalue weighted by molar-refractivity contribution is 0.0623. The average Bonchev–Trinajstić information content (AvgIpc) is 3.68. The Labute approximate surface area is 274 Å². The van der Waals surface area contributed by atoms with E-state index in [4.69, 9.17) is 9.05 Å². The van der Waals surface area contributed by atoms with Crippen LogP contribution in [0.4, 0.5) is 0 Å². The van der Waals surface area contributed by atoms with Crippen molar-refractivity contribution in [3.05, 3.63) is 192 Å². The van der Waals surface area contributed by atoms with Crippen LogP contribution in [0.15, 0.2) is 170 Å². The highest BCUT2D eigenvalue weighted by atomic mass is 31.1. The van der Waals surface area contributed by atoms with Crippen molar-refractivity contribution in [2.75, 3.05) is 0 Å². The summed E-state index contributed by atoms with van der Waals surface area (Å²) in [6.45, 7) is 0. The van der Waals surface area contributed by atoms with Gasteiger partial charge in [-0.2, -0.15) is 0 Å². The zero-order valence-corrected chi connectivity index (χ0v) is 27.4. The second-order valence-electron chi connectivity index (χ2n) is 12.1. The summed E-state index contributed by atoms with van der Waals surface area (Å²) >= 11 is 0. The van der Waals surface area contributed by atoms with Gasteiger partial charge in [0.1, 0.15) is 0 Å². The fourth-order valence-electron chi connectivity index (χ4n) is 7.22. The van der Waals surface area contributed by atoms with Gasteiger partial charge in [-0.15, -0.1) is 0 Å². The summed E-state index contributed by atoms with van der Waals surface area (Å²) in [5.74, 6) is 0.547. The molecule has 2 unspecified atom stereocenters. The van der Waals surface area contributed by atoms with E-state index in [1.807, 2.05) is 0 Å². The van der Waals surface area contributed by atoms with Gasteiger partial charge < -0.3 is 9.05 Å². The summed E-state index contributed by atoms with van der Waals surface area (Å²) < 4.78 is 14.9. The summed E-state index contributed by atoms with van der Waals surface area (Å²) in [5, 5.41) is 4.97. The molecule has 0 radical (unpaired) electrons. The zero-order chi connectivity index (χ0) is 30.7. The fraction of sp³-hybridized carbons (Fsp3) is 0.143. The monoisotopic (exact) mass is 634 g/mol. The molecule has 6 aromatic carbocycles. The maximum absolute atomic E-state index is 7.47. The molecule has 0 fully saturated rings. The summed E-state index contributed by atoms with van der Waals surface area (Å²) in [6, 6.07) is 61.0. The van der Waals surface area contributed by atoms with E-state index in [2.05, 4.69) is 170 Å². The lowest BCUT2D eigenvalue weighted by Crippen LogP contribution is -2.28. The van der Waals surface area contributed by atoms with Crippen LogP contribution in [0.25, 0.3) is 0 Å². The Hall–Kier alpha value is -3.90. The van der Waals surface area contributed by atoms with Crippen molar-refractivity contribution < 1.29 is 9.05 Å². The fourth-order valence-corrected chi connectivity index (χ4v) is 11.1. The molecular weight excluding hydrogens is 598 g/mol. The van der Waals surface area contributed by atoms with E-state index in [-0.39, 0.29) is 24.0 Å². The molecule has 2 aliphatic rings.